The summed E-state index contributed by atoms with van der Waals surface area (Å²) in [5, 5.41) is 0. The maximum absolute atomic E-state index is 11.5. The highest BCUT2D eigenvalue weighted by Gasteiger charge is 2.12. The first-order chi connectivity index (χ1) is 8.04. The third-order valence-corrected chi connectivity index (χ3v) is 2.44. The van der Waals surface area contributed by atoms with Gasteiger partial charge < -0.3 is 15.2 Å². The molecule has 0 fully saturated rings. The lowest BCUT2D eigenvalue weighted by molar-refractivity contribution is 0.100. The predicted octanol–water partition coefficient (Wildman–Crippen LogP) is 2.28. The first kappa shape index (κ1) is 13.5. The molecule has 4 nitrogen and oxygen atoms in total. The number of carbonyl (C=O) groups excluding carboxylic acids is 1. The summed E-state index contributed by atoms with van der Waals surface area (Å²) in [7, 11) is 1.65. The summed E-state index contributed by atoms with van der Waals surface area (Å²) in [5.41, 5.74) is 6.73. The molecule has 0 radical (unpaired) electrons. The van der Waals surface area contributed by atoms with E-state index in [-0.39, 0.29) is 11.9 Å². The topological polar surface area (TPSA) is 61.6 Å². The van der Waals surface area contributed by atoms with Gasteiger partial charge in [0.05, 0.1) is 11.7 Å². The van der Waals surface area contributed by atoms with E-state index in [4.69, 9.17) is 15.2 Å². The fourth-order valence-electron chi connectivity index (χ4n) is 1.48. The standard InChI is InChI=1S/C13H19NO3/c1-9(6-7-16-3)17-13-5-4-11(14)8-12(13)10(2)15/h4-5,8-9H,6-7,14H2,1-3H3. The van der Waals surface area contributed by atoms with Crippen molar-refractivity contribution in [1.29, 1.82) is 0 Å². The molecule has 1 rings (SSSR count). The van der Waals surface area contributed by atoms with Gasteiger partial charge in [0.25, 0.3) is 0 Å². The molecule has 1 unspecified atom stereocenters. The number of anilines is 1. The minimum atomic E-state index is -0.0498. The minimum Gasteiger partial charge on any atom is -0.490 e. The molecule has 1 atom stereocenters. The molecule has 0 heterocycles. The van der Waals surface area contributed by atoms with Crippen molar-refractivity contribution in [3.05, 3.63) is 23.8 Å². The van der Waals surface area contributed by atoms with Crippen LogP contribution in [-0.4, -0.2) is 25.6 Å². The molecule has 0 spiro atoms. The molecule has 0 aliphatic carbocycles. The number of ketones is 1. The second-order valence-electron chi connectivity index (χ2n) is 4.02. The molecule has 4 heteroatoms. The van der Waals surface area contributed by atoms with Crippen LogP contribution in [0.1, 0.15) is 30.6 Å². The van der Waals surface area contributed by atoms with Gasteiger partial charge in [-0.2, -0.15) is 0 Å². The van der Waals surface area contributed by atoms with Crippen molar-refractivity contribution in [2.24, 2.45) is 0 Å². The maximum Gasteiger partial charge on any atom is 0.163 e. The van der Waals surface area contributed by atoms with E-state index in [1.165, 1.54) is 6.92 Å². The van der Waals surface area contributed by atoms with Gasteiger partial charge in [0, 0.05) is 25.8 Å². The molecule has 0 aliphatic rings. The van der Waals surface area contributed by atoms with Crippen LogP contribution in [-0.2, 0) is 4.74 Å². The number of hydrogen-bond acceptors (Lipinski definition) is 4. The van der Waals surface area contributed by atoms with Crippen LogP contribution < -0.4 is 10.5 Å². The van der Waals surface area contributed by atoms with Gasteiger partial charge >= 0.3 is 0 Å². The normalized spacial score (nSPS) is 12.2. The highest BCUT2D eigenvalue weighted by atomic mass is 16.5. The average Bonchev–Trinajstić information content (AvgIpc) is 2.28. The molecule has 0 saturated carbocycles. The van der Waals surface area contributed by atoms with E-state index in [0.717, 1.165) is 6.42 Å². The van der Waals surface area contributed by atoms with Crippen molar-refractivity contribution in [3.8, 4) is 5.75 Å². The van der Waals surface area contributed by atoms with Crippen LogP contribution >= 0.6 is 0 Å². The quantitative estimate of drug-likeness (QED) is 0.609. The fourth-order valence-corrected chi connectivity index (χ4v) is 1.48. The molecule has 1 aromatic carbocycles. The Hall–Kier alpha value is -1.55. The zero-order valence-corrected chi connectivity index (χ0v) is 10.5. The Balaban J connectivity index is 2.79. The van der Waals surface area contributed by atoms with Gasteiger partial charge in [-0.25, -0.2) is 0 Å². The molecule has 0 aliphatic heterocycles. The maximum atomic E-state index is 11.5. The van der Waals surface area contributed by atoms with Crippen molar-refractivity contribution in [2.45, 2.75) is 26.4 Å². The Morgan fingerprint density at radius 2 is 2.18 bits per heavy atom. The summed E-state index contributed by atoms with van der Waals surface area (Å²) in [5.74, 6) is 0.529. The molecular weight excluding hydrogens is 218 g/mol. The smallest absolute Gasteiger partial charge is 0.163 e. The highest BCUT2D eigenvalue weighted by molar-refractivity contribution is 5.97. The number of ether oxygens (including phenoxy) is 2. The van der Waals surface area contributed by atoms with E-state index in [9.17, 15) is 4.79 Å². The van der Waals surface area contributed by atoms with Crippen molar-refractivity contribution in [3.63, 3.8) is 0 Å². The van der Waals surface area contributed by atoms with E-state index in [1.807, 2.05) is 6.92 Å². The van der Waals surface area contributed by atoms with Crippen LogP contribution in [0.25, 0.3) is 0 Å². The molecule has 17 heavy (non-hydrogen) atoms. The Labute approximate surface area is 102 Å². The van der Waals surface area contributed by atoms with Crippen LogP contribution in [0.15, 0.2) is 18.2 Å². The molecule has 1 aromatic rings. The summed E-state index contributed by atoms with van der Waals surface area (Å²) in [6.07, 6.45) is 0.773. The average molecular weight is 237 g/mol. The number of methoxy groups -OCH3 is 1. The summed E-state index contributed by atoms with van der Waals surface area (Å²) in [4.78, 5) is 11.5. The van der Waals surface area contributed by atoms with Crippen LogP contribution in [0.4, 0.5) is 5.69 Å². The van der Waals surface area contributed by atoms with Gasteiger partial charge in [0.15, 0.2) is 5.78 Å². The summed E-state index contributed by atoms with van der Waals surface area (Å²) < 4.78 is 10.7. The van der Waals surface area contributed by atoms with E-state index in [0.29, 0.717) is 23.6 Å². The van der Waals surface area contributed by atoms with Gasteiger partial charge in [-0.15, -0.1) is 0 Å². The van der Waals surface area contributed by atoms with Crippen molar-refractivity contribution in [2.75, 3.05) is 19.5 Å². The molecule has 94 valence electrons. The minimum absolute atomic E-state index is 0.00308. The first-order valence-electron chi connectivity index (χ1n) is 5.60. The monoisotopic (exact) mass is 237 g/mol. The number of carbonyl (C=O) groups is 1. The molecule has 0 aromatic heterocycles. The van der Waals surface area contributed by atoms with E-state index in [1.54, 1.807) is 25.3 Å². The fraction of sp³-hybridized carbons (Fsp3) is 0.462. The Morgan fingerprint density at radius 3 is 2.76 bits per heavy atom. The summed E-state index contributed by atoms with van der Waals surface area (Å²) in [6.45, 7) is 4.08. The first-order valence-corrected chi connectivity index (χ1v) is 5.60. The number of nitrogen functional groups attached to an aromatic ring is 1. The van der Waals surface area contributed by atoms with Gasteiger partial charge in [-0.3, -0.25) is 4.79 Å². The molecule has 2 N–H and O–H groups in total. The van der Waals surface area contributed by atoms with Gasteiger partial charge in [-0.05, 0) is 32.0 Å². The van der Waals surface area contributed by atoms with E-state index in [2.05, 4.69) is 0 Å². The van der Waals surface area contributed by atoms with Crippen molar-refractivity contribution < 1.29 is 14.3 Å². The number of benzene rings is 1. The lowest BCUT2D eigenvalue weighted by atomic mass is 10.1. The zero-order valence-electron chi connectivity index (χ0n) is 10.5. The Kier molecular flexibility index (Phi) is 4.97. The molecule has 0 saturated heterocycles. The van der Waals surface area contributed by atoms with Crippen molar-refractivity contribution in [1.82, 2.24) is 0 Å². The second kappa shape index (κ2) is 6.25. The Bertz CT molecular complexity index is 390. The van der Waals surface area contributed by atoms with Gasteiger partial charge in [0.1, 0.15) is 5.75 Å². The number of nitrogens with two attached hydrogens (primary N) is 1. The van der Waals surface area contributed by atoms with Crippen LogP contribution in [0.3, 0.4) is 0 Å². The summed E-state index contributed by atoms with van der Waals surface area (Å²) in [6, 6.07) is 5.10. The third kappa shape index (κ3) is 4.07. The molecular formula is C13H19NO3. The van der Waals surface area contributed by atoms with Crippen LogP contribution in [0.5, 0.6) is 5.75 Å². The zero-order chi connectivity index (χ0) is 12.8. The second-order valence-corrected chi connectivity index (χ2v) is 4.02. The van der Waals surface area contributed by atoms with Crippen LogP contribution in [0, 0.1) is 0 Å². The summed E-state index contributed by atoms with van der Waals surface area (Å²) >= 11 is 0. The lowest BCUT2D eigenvalue weighted by Gasteiger charge is -2.16. The predicted molar refractivity (Wildman–Crippen MR) is 67.4 cm³/mol. The van der Waals surface area contributed by atoms with E-state index < -0.39 is 0 Å². The SMILES string of the molecule is COCCC(C)Oc1ccc(N)cc1C(C)=O. The van der Waals surface area contributed by atoms with Gasteiger partial charge in [-0.1, -0.05) is 0 Å². The largest absolute Gasteiger partial charge is 0.490 e. The number of Topliss-reactive ketones (excluding diaryl/α,β-unsaturated/α-hetero) is 1. The molecule has 0 amide bonds. The third-order valence-electron chi connectivity index (χ3n) is 2.44. The highest BCUT2D eigenvalue weighted by Crippen LogP contribution is 2.23. The van der Waals surface area contributed by atoms with Gasteiger partial charge in [0.2, 0.25) is 0 Å². The van der Waals surface area contributed by atoms with Crippen molar-refractivity contribution >= 4 is 11.5 Å². The Morgan fingerprint density at radius 1 is 1.47 bits per heavy atom. The van der Waals surface area contributed by atoms with E-state index >= 15 is 0 Å². The van der Waals surface area contributed by atoms with Crippen LogP contribution in [0.2, 0.25) is 0 Å². The number of hydrogen-bond donors (Lipinski definition) is 1. The molecule has 0 bridgehead atoms. The number of rotatable bonds is 6. The lowest BCUT2D eigenvalue weighted by Crippen LogP contribution is -2.15.